The Labute approximate surface area is 177 Å². The first-order valence-electron chi connectivity index (χ1n) is 10.3. The van der Waals surface area contributed by atoms with Gasteiger partial charge in [0.05, 0.1) is 18.1 Å². The van der Waals surface area contributed by atoms with Gasteiger partial charge in [-0.1, -0.05) is 0 Å². The molecule has 10 heteroatoms. The first-order chi connectivity index (χ1) is 14.3. The fourth-order valence-electron chi connectivity index (χ4n) is 4.35. The molecule has 164 valence electrons. The number of hydrogen-bond acceptors (Lipinski definition) is 6. The summed E-state index contributed by atoms with van der Waals surface area (Å²) in [6.45, 7) is 5.70. The summed E-state index contributed by atoms with van der Waals surface area (Å²) in [4.78, 5) is 31.3. The van der Waals surface area contributed by atoms with E-state index in [9.17, 15) is 18.0 Å². The molecule has 3 heterocycles. The van der Waals surface area contributed by atoms with Crippen LogP contribution in [0.2, 0.25) is 0 Å². The summed E-state index contributed by atoms with van der Waals surface area (Å²) in [6.07, 6.45) is 0.326. The van der Waals surface area contributed by atoms with Crippen LogP contribution in [0.5, 0.6) is 0 Å². The first kappa shape index (κ1) is 21.2. The number of carbonyl (C=O) groups is 2. The zero-order valence-electron chi connectivity index (χ0n) is 17.4. The fraction of sp³-hybridized carbons (Fsp3) is 0.600. The summed E-state index contributed by atoms with van der Waals surface area (Å²) >= 11 is 0. The van der Waals surface area contributed by atoms with Crippen LogP contribution < -0.4 is 4.90 Å². The molecule has 0 radical (unpaired) electrons. The molecule has 2 fully saturated rings. The van der Waals surface area contributed by atoms with E-state index >= 15 is 0 Å². The number of nitrogens with zero attached hydrogens (tertiary/aromatic N) is 4. The molecule has 0 N–H and O–H groups in total. The van der Waals surface area contributed by atoms with Gasteiger partial charge < -0.3 is 14.5 Å². The van der Waals surface area contributed by atoms with Crippen LogP contribution in [0.3, 0.4) is 0 Å². The van der Waals surface area contributed by atoms with Crippen molar-refractivity contribution in [3.8, 4) is 0 Å². The Morgan fingerprint density at radius 3 is 2.33 bits per heavy atom. The van der Waals surface area contributed by atoms with Crippen molar-refractivity contribution in [2.24, 2.45) is 0 Å². The molecule has 2 saturated heterocycles. The van der Waals surface area contributed by atoms with Gasteiger partial charge in [-0.25, -0.2) is 8.42 Å². The lowest BCUT2D eigenvalue weighted by Crippen LogP contribution is -2.54. The van der Waals surface area contributed by atoms with Crippen LogP contribution in [0.4, 0.5) is 5.69 Å². The summed E-state index contributed by atoms with van der Waals surface area (Å²) in [5.41, 5.74) is 1.34. The van der Waals surface area contributed by atoms with Gasteiger partial charge in [-0.15, -0.1) is 0 Å². The third kappa shape index (κ3) is 3.84. The molecule has 0 spiro atoms. The Morgan fingerprint density at radius 2 is 1.70 bits per heavy atom. The Balaban J connectivity index is 1.60. The van der Waals surface area contributed by atoms with Crippen molar-refractivity contribution in [1.29, 1.82) is 0 Å². The van der Waals surface area contributed by atoms with Gasteiger partial charge in [0, 0.05) is 58.3 Å². The number of likely N-dealkylation sites (N-methyl/N-ethyl adjacent to an activating group) is 1. The van der Waals surface area contributed by atoms with Gasteiger partial charge >= 0.3 is 0 Å². The molecule has 9 nitrogen and oxygen atoms in total. The van der Waals surface area contributed by atoms with Crippen LogP contribution in [0.1, 0.15) is 12.5 Å². The third-order valence-electron chi connectivity index (χ3n) is 6.08. The molecule has 2 amide bonds. The zero-order chi connectivity index (χ0) is 21.5. The minimum absolute atomic E-state index is 0.0768. The highest BCUT2D eigenvalue weighted by Gasteiger charge is 2.40. The van der Waals surface area contributed by atoms with Gasteiger partial charge in [0.1, 0.15) is 6.04 Å². The summed E-state index contributed by atoms with van der Waals surface area (Å²) in [7, 11) is -1.62. The van der Waals surface area contributed by atoms with Crippen LogP contribution in [-0.4, -0.2) is 99.9 Å². The van der Waals surface area contributed by atoms with Gasteiger partial charge in [0.2, 0.25) is 21.8 Å². The molecule has 1 aromatic carbocycles. The van der Waals surface area contributed by atoms with E-state index in [0.717, 1.165) is 13.1 Å². The van der Waals surface area contributed by atoms with Crippen LogP contribution in [0.15, 0.2) is 23.1 Å². The standard InChI is InChI=1S/C20H28N4O5S/c1-15(25)24-18-4-3-17(30(27,28)23-9-11-29-12-10-23)13-16(18)14-19(24)20(26)22-7-5-21(2)6-8-22/h3-4,13,19H,5-12,14H2,1-2H3/t19-/m1/s1. The van der Waals surface area contributed by atoms with Crippen LogP contribution in [0, 0.1) is 0 Å². The summed E-state index contributed by atoms with van der Waals surface area (Å²) < 4.78 is 32.7. The number of piperazine rings is 1. The van der Waals surface area contributed by atoms with E-state index in [0.29, 0.717) is 57.1 Å². The van der Waals surface area contributed by atoms with E-state index in [4.69, 9.17) is 4.74 Å². The minimum atomic E-state index is -3.64. The second-order valence-electron chi connectivity index (χ2n) is 8.04. The van der Waals surface area contributed by atoms with Crippen LogP contribution >= 0.6 is 0 Å². The number of carbonyl (C=O) groups excluding carboxylic acids is 2. The number of hydrogen-bond donors (Lipinski definition) is 0. The Kier molecular flexibility index (Phi) is 5.84. The highest BCUT2D eigenvalue weighted by molar-refractivity contribution is 7.89. The molecule has 0 aliphatic carbocycles. The SMILES string of the molecule is CC(=O)N1c2ccc(S(=O)(=O)N3CCOCC3)cc2C[C@@H]1C(=O)N1CCN(C)CC1. The number of ether oxygens (including phenoxy) is 1. The van der Waals surface area contributed by atoms with Crippen molar-refractivity contribution < 1.29 is 22.7 Å². The van der Waals surface area contributed by atoms with Crippen molar-refractivity contribution in [1.82, 2.24) is 14.1 Å². The zero-order valence-corrected chi connectivity index (χ0v) is 18.2. The summed E-state index contributed by atoms with van der Waals surface area (Å²) in [5.74, 6) is -0.294. The van der Waals surface area contributed by atoms with Crippen molar-refractivity contribution >= 4 is 27.5 Å². The van der Waals surface area contributed by atoms with E-state index in [1.165, 1.54) is 22.2 Å². The number of morpholine rings is 1. The van der Waals surface area contributed by atoms with Crippen LogP contribution in [-0.2, 0) is 30.8 Å². The van der Waals surface area contributed by atoms with E-state index < -0.39 is 16.1 Å². The van der Waals surface area contributed by atoms with Gasteiger partial charge in [-0.3, -0.25) is 14.5 Å². The Morgan fingerprint density at radius 1 is 1.03 bits per heavy atom. The van der Waals surface area contributed by atoms with E-state index in [1.807, 2.05) is 7.05 Å². The molecule has 3 aliphatic heterocycles. The summed E-state index contributed by atoms with van der Waals surface area (Å²) in [6, 6.07) is 4.18. The molecule has 30 heavy (non-hydrogen) atoms. The van der Waals surface area contributed by atoms with Gasteiger partial charge in [-0.2, -0.15) is 4.31 Å². The monoisotopic (exact) mass is 436 g/mol. The predicted octanol–water partition coefficient (Wildman–Crippen LogP) is -0.241. The normalized spacial score (nSPS) is 23.5. The lowest BCUT2D eigenvalue weighted by atomic mass is 10.1. The van der Waals surface area contributed by atoms with Crippen molar-refractivity contribution in [2.45, 2.75) is 24.3 Å². The quantitative estimate of drug-likeness (QED) is 0.650. The maximum absolute atomic E-state index is 13.2. The maximum atomic E-state index is 13.2. The lowest BCUT2D eigenvalue weighted by Gasteiger charge is -2.35. The molecule has 1 atom stereocenters. The smallest absolute Gasteiger partial charge is 0.246 e. The second-order valence-corrected chi connectivity index (χ2v) is 9.98. The van der Waals surface area contributed by atoms with Crippen molar-refractivity contribution in [2.75, 3.05) is 64.4 Å². The average molecular weight is 437 g/mol. The van der Waals surface area contributed by atoms with Crippen molar-refractivity contribution in [3.63, 3.8) is 0 Å². The molecule has 0 unspecified atom stereocenters. The molecule has 0 bridgehead atoms. The Hall–Kier alpha value is -2.01. The van der Waals surface area contributed by atoms with Gasteiger partial charge in [0.15, 0.2) is 0 Å². The minimum Gasteiger partial charge on any atom is -0.379 e. The molecule has 0 saturated carbocycles. The molecular weight excluding hydrogens is 408 g/mol. The van der Waals surface area contributed by atoms with Gasteiger partial charge in [0.25, 0.3) is 0 Å². The largest absolute Gasteiger partial charge is 0.379 e. The molecule has 4 rings (SSSR count). The summed E-state index contributed by atoms with van der Waals surface area (Å²) in [5, 5.41) is 0. The number of sulfonamides is 1. The highest BCUT2D eigenvalue weighted by atomic mass is 32.2. The maximum Gasteiger partial charge on any atom is 0.246 e. The topological polar surface area (TPSA) is 90.5 Å². The number of amides is 2. The molecule has 1 aromatic rings. The average Bonchev–Trinajstić information content (AvgIpc) is 3.13. The van der Waals surface area contributed by atoms with Gasteiger partial charge in [-0.05, 0) is 30.8 Å². The second kappa shape index (κ2) is 8.26. The number of benzene rings is 1. The Bertz CT molecular complexity index is 937. The first-order valence-corrected chi connectivity index (χ1v) is 11.7. The van der Waals surface area contributed by atoms with Crippen LogP contribution in [0.25, 0.3) is 0 Å². The van der Waals surface area contributed by atoms with Crippen molar-refractivity contribution in [3.05, 3.63) is 23.8 Å². The lowest BCUT2D eigenvalue weighted by molar-refractivity contribution is -0.135. The number of anilines is 1. The molecule has 3 aliphatic rings. The number of rotatable bonds is 3. The molecule has 0 aromatic heterocycles. The third-order valence-corrected chi connectivity index (χ3v) is 7.98. The fourth-order valence-corrected chi connectivity index (χ4v) is 5.81. The van der Waals surface area contributed by atoms with E-state index in [-0.39, 0.29) is 16.7 Å². The predicted molar refractivity (Wildman–Crippen MR) is 111 cm³/mol. The highest BCUT2D eigenvalue weighted by Crippen LogP contribution is 2.35. The van der Waals surface area contributed by atoms with E-state index in [2.05, 4.69) is 4.90 Å². The molecular formula is C20H28N4O5S. The van der Waals surface area contributed by atoms with E-state index in [1.54, 1.807) is 17.0 Å². The number of fused-ring (bicyclic) bond motifs is 1.